The maximum atomic E-state index is 13.0. The van der Waals surface area contributed by atoms with Gasteiger partial charge in [-0.25, -0.2) is 4.39 Å². The lowest BCUT2D eigenvalue weighted by molar-refractivity contribution is 0.577. The minimum Gasteiger partial charge on any atom is -0.308 e. The number of benzene rings is 2. The molecule has 0 saturated carbocycles. The number of nitrogens with one attached hydrogen (secondary N) is 1. The van der Waals surface area contributed by atoms with Crippen LogP contribution in [-0.4, -0.2) is 21.5 Å². The summed E-state index contributed by atoms with van der Waals surface area (Å²) in [6.45, 7) is 5.53. The number of hydrogen-bond acceptors (Lipinski definition) is 3. The van der Waals surface area contributed by atoms with Crippen LogP contribution in [0.3, 0.4) is 0 Å². The fourth-order valence-corrected chi connectivity index (χ4v) is 2.44. The third-order valence-corrected chi connectivity index (χ3v) is 3.59. The van der Waals surface area contributed by atoms with Gasteiger partial charge in [-0.2, -0.15) is 15.0 Å². The molecule has 0 unspecified atom stereocenters. The molecule has 0 bridgehead atoms. The first-order chi connectivity index (χ1) is 11.8. The summed E-state index contributed by atoms with van der Waals surface area (Å²) in [5.74, 6) is -0.244. The number of nitrogens with zero attached hydrogens (tertiary/aromatic N) is 3. The van der Waals surface area contributed by atoms with Crippen molar-refractivity contribution in [2.45, 2.75) is 13.1 Å². The Hall–Kier alpha value is -2.79. The third kappa shape index (κ3) is 3.94. The maximum Gasteiger partial charge on any atom is 0.123 e. The van der Waals surface area contributed by atoms with Crippen LogP contribution >= 0.6 is 0 Å². The van der Waals surface area contributed by atoms with Crippen LogP contribution in [0.25, 0.3) is 11.3 Å². The molecule has 0 aliphatic heterocycles. The molecule has 3 rings (SSSR count). The van der Waals surface area contributed by atoms with E-state index in [0.717, 1.165) is 22.5 Å². The van der Waals surface area contributed by atoms with Crippen LogP contribution in [0, 0.1) is 5.82 Å². The molecule has 122 valence electrons. The highest BCUT2D eigenvalue weighted by molar-refractivity contribution is 5.60. The van der Waals surface area contributed by atoms with Gasteiger partial charge in [-0.15, -0.1) is 6.58 Å². The van der Waals surface area contributed by atoms with Gasteiger partial charge in [-0.3, -0.25) is 0 Å². The molecule has 0 saturated heterocycles. The molecule has 5 heteroatoms. The zero-order valence-electron chi connectivity index (χ0n) is 13.3. The molecule has 4 nitrogen and oxygen atoms in total. The first-order valence-corrected chi connectivity index (χ1v) is 7.82. The molecule has 0 radical (unpaired) electrons. The van der Waals surface area contributed by atoms with E-state index in [1.54, 1.807) is 16.9 Å². The van der Waals surface area contributed by atoms with Crippen LogP contribution in [0.5, 0.6) is 0 Å². The van der Waals surface area contributed by atoms with Crippen molar-refractivity contribution in [2.24, 2.45) is 0 Å². The van der Waals surface area contributed by atoms with Gasteiger partial charge in [0.2, 0.25) is 0 Å². The predicted molar refractivity (Wildman–Crippen MR) is 92.9 cm³/mol. The zero-order valence-corrected chi connectivity index (χ0v) is 13.3. The summed E-state index contributed by atoms with van der Waals surface area (Å²) in [7, 11) is 0. The molecule has 1 aromatic heterocycles. The Balaban J connectivity index is 1.87. The summed E-state index contributed by atoms with van der Waals surface area (Å²) in [6, 6.07) is 16.4. The van der Waals surface area contributed by atoms with Crippen LogP contribution < -0.4 is 5.32 Å². The van der Waals surface area contributed by atoms with Crippen molar-refractivity contribution in [3.63, 3.8) is 0 Å². The molecule has 0 spiro atoms. The van der Waals surface area contributed by atoms with Crippen molar-refractivity contribution in [1.82, 2.24) is 20.3 Å². The average molecular weight is 322 g/mol. The summed E-state index contributed by atoms with van der Waals surface area (Å²) in [5, 5.41) is 12.5. The normalized spacial score (nSPS) is 10.7. The topological polar surface area (TPSA) is 42.7 Å². The fourth-order valence-electron chi connectivity index (χ4n) is 2.44. The van der Waals surface area contributed by atoms with E-state index in [2.05, 4.69) is 22.1 Å². The standard InChI is InChI=1S/C19H19FN4/c1-2-12-21-13-18-19(16-6-4-3-5-7-16)23-24(22-18)14-15-8-10-17(20)11-9-15/h2-11,21H,1,12-14H2. The van der Waals surface area contributed by atoms with Crippen molar-refractivity contribution < 1.29 is 4.39 Å². The second-order valence-corrected chi connectivity index (χ2v) is 5.44. The van der Waals surface area contributed by atoms with E-state index in [4.69, 9.17) is 0 Å². The van der Waals surface area contributed by atoms with E-state index in [0.29, 0.717) is 19.6 Å². The monoisotopic (exact) mass is 322 g/mol. The van der Waals surface area contributed by atoms with Crippen LogP contribution in [0.4, 0.5) is 4.39 Å². The molecule has 0 aliphatic rings. The van der Waals surface area contributed by atoms with E-state index >= 15 is 0 Å². The lowest BCUT2D eigenvalue weighted by Crippen LogP contribution is -2.14. The largest absolute Gasteiger partial charge is 0.308 e. The van der Waals surface area contributed by atoms with E-state index in [9.17, 15) is 4.39 Å². The number of hydrogen-bond donors (Lipinski definition) is 1. The highest BCUT2D eigenvalue weighted by Crippen LogP contribution is 2.20. The van der Waals surface area contributed by atoms with Crippen LogP contribution in [0.2, 0.25) is 0 Å². The SMILES string of the molecule is C=CCNCc1nn(Cc2ccc(F)cc2)nc1-c1ccccc1. The Morgan fingerprint density at radius 1 is 1.04 bits per heavy atom. The average Bonchev–Trinajstić information content (AvgIpc) is 3.01. The molecular weight excluding hydrogens is 303 g/mol. The maximum absolute atomic E-state index is 13.0. The minimum absolute atomic E-state index is 0.244. The molecule has 1 N–H and O–H groups in total. The van der Waals surface area contributed by atoms with E-state index in [-0.39, 0.29) is 5.82 Å². The lowest BCUT2D eigenvalue weighted by Gasteiger charge is -2.01. The summed E-state index contributed by atoms with van der Waals surface area (Å²) >= 11 is 0. The smallest absolute Gasteiger partial charge is 0.123 e. The fraction of sp³-hybridized carbons (Fsp3) is 0.158. The third-order valence-electron chi connectivity index (χ3n) is 3.59. The van der Waals surface area contributed by atoms with Crippen molar-refractivity contribution in [2.75, 3.05) is 6.54 Å². The number of rotatable bonds is 7. The highest BCUT2D eigenvalue weighted by Gasteiger charge is 2.13. The summed E-state index contributed by atoms with van der Waals surface area (Å²) in [5.41, 5.74) is 3.72. The Kier molecular flexibility index (Phi) is 5.13. The second-order valence-electron chi connectivity index (χ2n) is 5.44. The van der Waals surface area contributed by atoms with Gasteiger partial charge < -0.3 is 5.32 Å². The first kappa shape index (κ1) is 16.1. The number of halogens is 1. The molecular formula is C19H19FN4. The van der Waals surface area contributed by atoms with Gasteiger partial charge in [-0.05, 0) is 17.7 Å². The van der Waals surface area contributed by atoms with E-state index < -0.39 is 0 Å². The Bertz CT molecular complexity index is 794. The number of aromatic nitrogens is 3. The van der Waals surface area contributed by atoms with Crippen molar-refractivity contribution in [3.05, 3.63) is 84.3 Å². The van der Waals surface area contributed by atoms with Crippen LogP contribution in [0.1, 0.15) is 11.3 Å². The molecule has 0 amide bonds. The molecule has 1 heterocycles. The predicted octanol–water partition coefficient (Wildman–Crippen LogP) is 3.41. The van der Waals surface area contributed by atoms with Crippen molar-refractivity contribution in [1.29, 1.82) is 0 Å². The second kappa shape index (κ2) is 7.66. The van der Waals surface area contributed by atoms with Crippen molar-refractivity contribution >= 4 is 0 Å². The van der Waals surface area contributed by atoms with Gasteiger partial charge in [-0.1, -0.05) is 48.5 Å². The van der Waals surface area contributed by atoms with Crippen molar-refractivity contribution in [3.8, 4) is 11.3 Å². The Morgan fingerprint density at radius 2 is 1.79 bits per heavy atom. The van der Waals surface area contributed by atoms with E-state index in [1.807, 2.05) is 36.4 Å². The molecule has 2 aromatic carbocycles. The summed E-state index contributed by atoms with van der Waals surface area (Å²) < 4.78 is 13.0. The summed E-state index contributed by atoms with van der Waals surface area (Å²) in [4.78, 5) is 1.65. The quantitative estimate of drug-likeness (QED) is 0.535. The van der Waals surface area contributed by atoms with E-state index in [1.165, 1.54) is 12.1 Å². The van der Waals surface area contributed by atoms with Gasteiger partial charge in [0.05, 0.1) is 6.54 Å². The molecule has 0 fully saturated rings. The first-order valence-electron chi connectivity index (χ1n) is 7.82. The summed E-state index contributed by atoms with van der Waals surface area (Å²) in [6.07, 6.45) is 1.81. The minimum atomic E-state index is -0.244. The molecule has 0 aliphatic carbocycles. The zero-order chi connectivity index (χ0) is 16.8. The van der Waals surface area contributed by atoms with Gasteiger partial charge in [0.25, 0.3) is 0 Å². The lowest BCUT2D eigenvalue weighted by atomic mass is 10.1. The van der Waals surface area contributed by atoms with Gasteiger partial charge in [0.15, 0.2) is 0 Å². The van der Waals surface area contributed by atoms with Gasteiger partial charge in [0, 0.05) is 18.7 Å². The molecule has 3 aromatic rings. The Morgan fingerprint density at radius 3 is 2.50 bits per heavy atom. The highest BCUT2D eigenvalue weighted by atomic mass is 19.1. The molecule has 0 atom stereocenters. The Labute approximate surface area is 140 Å². The van der Waals surface area contributed by atoms with Crippen LogP contribution in [0.15, 0.2) is 67.3 Å². The van der Waals surface area contributed by atoms with Gasteiger partial charge in [0.1, 0.15) is 17.2 Å². The van der Waals surface area contributed by atoms with Crippen LogP contribution in [-0.2, 0) is 13.1 Å². The molecule has 24 heavy (non-hydrogen) atoms. The van der Waals surface area contributed by atoms with Gasteiger partial charge >= 0.3 is 0 Å².